The van der Waals surface area contributed by atoms with Crippen molar-refractivity contribution in [3.05, 3.63) is 70.1 Å². The molecule has 0 aliphatic carbocycles. The van der Waals surface area contributed by atoms with Gasteiger partial charge in [0.2, 0.25) is 0 Å². The SMILES string of the molecule is CCCN(Cc1cccn1Cc1ccc(C(=O)NCCOC)o1)C(=O)c1cccs1. The van der Waals surface area contributed by atoms with Crippen molar-refractivity contribution in [3.63, 3.8) is 0 Å². The van der Waals surface area contributed by atoms with Gasteiger partial charge in [-0.1, -0.05) is 13.0 Å². The molecule has 0 bridgehead atoms. The van der Waals surface area contributed by atoms with E-state index in [0.29, 0.717) is 38.5 Å². The van der Waals surface area contributed by atoms with Crippen LogP contribution in [0.4, 0.5) is 0 Å². The number of nitrogens with zero attached hydrogens (tertiary/aromatic N) is 2. The van der Waals surface area contributed by atoms with E-state index in [4.69, 9.17) is 9.15 Å². The van der Waals surface area contributed by atoms with Crippen molar-refractivity contribution in [1.29, 1.82) is 0 Å². The first kappa shape index (κ1) is 21.9. The molecule has 2 amide bonds. The molecule has 160 valence electrons. The van der Waals surface area contributed by atoms with Gasteiger partial charge in [0.15, 0.2) is 5.76 Å². The smallest absolute Gasteiger partial charge is 0.287 e. The van der Waals surface area contributed by atoms with E-state index in [1.165, 1.54) is 11.3 Å². The first-order valence-corrected chi connectivity index (χ1v) is 10.8. The van der Waals surface area contributed by atoms with Crippen LogP contribution in [0.15, 0.2) is 52.4 Å². The first-order valence-electron chi connectivity index (χ1n) is 9.95. The number of hydrogen-bond donors (Lipinski definition) is 1. The highest BCUT2D eigenvalue weighted by atomic mass is 32.1. The fraction of sp³-hybridized carbons (Fsp3) is 0.364. The Balaban J connectivity index is 1.66. The van der Waals surface area contributed by atoms with Crippen molar-refractivity contribution in [2.24, 2.45) is 0 Å². The molecule has 0 unspecified atom stereocenters. The molecule has 0 radical (unpaired) electrons. The molecule has 0 saturated heterocycles. The number of aromatic nitrogens is 1. The predicted molar refractivity (Wildman–Crippen MR) is 116 cm³/mol. The minimum absolute atomic E-state index is 0.0487. The summed E-state index contributed by atoms with van der Waals surface area (Å²) >= 11 is 1.46. The molecule has 3 aromatic heterocycles. The molecule has 3 aromatic rings. The molecule has 0 aromatic carbocycles. The number of nitrogens with one attached hydrogen (secondary N) is 1. The molecule has 0 aliphatic heterocycles. The van der Waals surface area contributed by atoms with Gasteiger partial charge in [0.25, 0.3) is 11.8 Å². The molecule has 0 aliphatic rings. The Kier molecular flexibility index (Phi) is 7.87. The van der Waals surface area contributed by atoms with E-state index >= 15 is 0 Å². The van der Waals surface area contributed by atoms with Gasteiger partial charge in [0, 0.05) is 32.1 Å². The van der Waals surface area contributed by atoms with Crippen molar-refractivity contribution in [1.82, 2.24) is 14.8 Å². The van der Waals surface area contributed by atoms with E-state index < -0.39 is 0 Å². The van der Waals surface area contributed by atoms with E-state index in [1.54, 1.807) is 19.2 Å². The lowest BCUT2D eigenvalue weighted by atomic mass is 10.3. The van der Waals surface area contributed by atoms with Crippen LogP contribution in [-0.4, -0.2) is 48.1 Å². The second kappa shape index (κ2) is 10.8. The maximum absolute atomic E-state index is 12.8. The molecular weight excluding hydrogens is 402 g/mol. The summed E-state index contributed by atoms with van der Waals surface area (Å²) < 4.78 is 12.7. The average Bonchev–Trinajstić information content (AvgIpc) is 3.50. The van der Waals surface area contributed by atoms with Crippen LogP contribution >= 0.6 is 11.3 Å². The number of rotatable bonds is 11. The Bertz CT molecular complexity index is 945. The van der Waals surface area contributed by atoms with Gasteiger partial charge in [-0.2, -0.15) is 0 Å². The van der Waals surface area contributed by atoms with Gasteiger partial charge < -0.3 is 23.9 Å². The third-order valence-electron chi connectivity index (χ3n) is 4.59. The molecule has 3 rings (SSSR count). The standard InChI is InChI=1S/C22H27N3O4S/c1-3-11-25(22(27)20-7-5-14-30-20)15-17-6-4-12-24(17)16-18-8-9-19(29-18)21(26)23-10-13-28-2/h4-9,12,14H,3,10-11,13,15-16H2,1-2H3,(H,23,26). The van der Waals surface area contributed by atoms with Gasteiger partial charge in [-0.25, -0.2) is 0 Å². The lowest BCUT2D eigenvalue weighted by Crippen LogP contribution is -2.31. The van der Waals surface area contributed by atoms with Crippen LogP contribution in [0, 0.1) is 0 Å². The van der Waals surface area contributed by atoms with Crippen molar-refractivity contribution in [2.45, 2.75) is 26.4 Å². The fourth-order valence-corrected chi connectivity index (χ4v) is 3.82. The van der Waals surface area contributed by atoms with E-state index in [1.807, 2.05) is 45.3 Å². The Morgan fingerprint density at radius 2 is 2.10 bits per heavy atom. The first-order chi connectivity index (χ1) is 14.6. The van der Waals surface area contributed by atoms with Crippen LogP contribution < -0.4 is 5.32 Å². The highest BCUT2D eigenvalue weighted by Gasteiger charge is 2.18. The van der Waals surface area contributed by atoms with Crippen LogP contribution in [0.1, 0.15) is 45.0 Å². The molecule has 1 N–H and O–H groups in total. The summed E-state index contributed by atoms with van der Waals surface area (Å²) in [6, 6.07) is 11.2. The normalized spacial score (nSPS) is 10.9. The number of carbonyl (C=O) groups is 2. The number of amides is 2. The highest BCUT2D eigenvalue weighted by molar-refractivity contribution is 7.12. The average molecular weight is 430 g/mol. The minimum Gasteiger partial charge on any atom is -0.454 e. The van der Waals surface area contributed by atoms with Gasteiger partial charge in [-0.05, 0) is 42.1 Å². The van der Waals surface area contributed by atoms with Gasteiger partial charge >= 0.3 is 0 Å². The zero-order valence-electron chi connectivity index (χ0n) is 17.3. The van der Waals surface area contributed by atoms with Crippen molar-refractivity contribution < 1.29 is 18.7 Å². The second-order valence-corrected chi connectivity index (χ2v) is 7.79. The number of thiophene rings is 1. The van der Waals surface area contributed by atoms with Crippen molar-refractivity contribution >= 4 is 23.2 Å². The number of methoxy groups -OCH3 is 1. The van der Waals surface area contributed by atoms with Crippen LogP contribution in [0.3, 0.4) is 0 Å². The Labute approximate surface area is 180 Å². The van der Waals surface area contributed by atoms with E-state index in [-0.39, 0.29) is 17.6 Å². The molecule has 0 spiro atoms. The maximum Gasteiger partial charge on any atom is 0.287 e. The van der Waals surface area contributed by atoms with Crippen LogP contribution in [0.5, 0.6) is 0 Å². The van der Waals surface area contributed by atoms with E-state index in [2.05, 4.69) is 12.2 Å². The molecule has 0 saturated carbocycles. The second-order valence-electron chi connectivity index (χ2n) is 6.85. The summed E-state index contributed by atoms with van der Waals surface area (Å²) in [7, 11) is 1.58. The lowest BCUT2D eigenvalue weighted by Gasteiger charge is -2.22. The Hall–Kier alpha value is -2.84. The summed E-state index contributed by atoms with van der Waals surface area (Å²) in [6.45, 7) is 4.64. The molecule has 3 heterocycles. The Morgan fingerprint density at radius 1 is 1.23 bits per heavy atom. The number of hydrogen-bond acceptors (Lipinski definition) is 5. The third kappa shape index (κ3) is 5.61. The zero-order valence-corrected chi connectivity index (χ0v) is 18.1. The number of furan rings is 1. The third-order valence-corrected chi connectivity index (χ3v) is 5.45. The summed E-state index contributed by atoms with van der Waals surface area (Å²) in [5, 5.41) is 4.66. The van der Waals surface area contributed by atoms with Crippen LogP contribution in [0.25, 0.3) is 0 Å². The van der Waals surface area contributed by atoms with Gasteiger partial charge in [-0.3, -0.25) is 9.59 Å². The molecule has 8 heteroatoms. The molecule has 0 fully saturated rings. The van der Waals surface area contributed by atoms with Gasteiger partial charge in [0.1, 0.15) is 5.76 Å². The lowest BCUT2D eigenvalue weighted by molar-refractivity contribution is 0.0744. The zero-order chi connectivity index (χ0) is 21.3. The largest absolute Gasteiger partial charge is 0.454 e. The fourth-order valence-electron chi connectivity index (χ4n) is 3.13. The molecule has 7 nitrogen and oxygen atoms in total. The summed E-state index contributed by atoms with van der Waals surface area (Å²) in [6.07, 6.45) is 2.84. The van der Waals surface area contributed by atoms with Gasteiger partial charge in [0.05, 0.1) is 24.6 Å². The predicted octanol–water partition coefficient (Wildman–Crippen LogP) is 3.62. The monoisotopic (exact) mass is 429 g/mol. The maximum atomic E-state index is 12.8. The number of ether oxygens (including phenoxy) is 1. The van der Waals surface area contributed by atoms with Crippen molar-refractivity contribution in [2.75, 3.05) is 26.8 Å². The minimum atomic E-state index is -0.262. The molecule has 30 heavy (non-hydrogen) atoms. The highest BCUT2D eigenvalue weighted by Crippen LogP contribution is 2.17. The molecular formula is C22H27N3O4S. The van der Waals surface area contributed by atoms with E-state index in [9.17, 15) is 9.59 Å². The summed E-state index contributed by atoms with van der Waals surface area (Å²) in [5.41, 5.74) is 1.01. The van der Waals surface area contributed by atoms with Crippen molar-refractivity contribution in [3.8, 4) is 0 Å². The topological polar surface area (TPSA) is 76.7 Å². The summed E-state index contributed by atoms with van der Waals surface area (Å²) in [4.78, 5) is 27.5. The Morgan fingerprint density at radius 3 is 2.83 bits per heavy atom. The van der Waals surface area contributed by atoms with Crippen LogP contribution in [-0.2, 0) is 17.8 Å². The van der Waals surface area contributed by atoms with E-state index in [0.717, 1.165) is 17.0 Å². The number of carbonyl (C=O) groups excluding carboxylic acids is 2. The molecule has 0 atom stereocenters. The van der Waals surface area contributed by atoms with Gasteiger partial charge in [-0.15, -0.1) is 11.3 Å². The quantitative estimate of drug-likeness (QED) is 0.472. The summed E-state index contributed by atoms with van der Waals surface area (Å²) in [5.74, 6) is 0.737. The van der Waals surface area contributed by atoms with Crippen LogP contribution in [0.2, 0.25) is 0 Å².